The van der Waals surface area contributed by atoms with Crippen LogP contribution in [0.25, 0.3) is 0 Å². The predicted molar refractivity (Wildman–Crippen MR) is 110 cm³/mol. The lowest BCUT2D eigenvalue weighted by molar-refractivity contribution is 0.0952. The Morgan fingerprint density at radius 1 is 0.897 bits per heavy atom. The molecule has 0 aromatic heterocycles. The zero-order valence-corrected chi connectivity index (χ0v) is 16.2. The maximum absolute atomic E-state index is 12.5. The first-order chi connectivity index (χ1) is 14.2. The van der Waals surface area contributed by atoms with E-state index in [9.17, 15) is 9.59 Å². The van der Waals surface area contributed by atoms with Gasteiger partial charge in [-0.1, -0.05) is 11.6 Å². The quantitative estimate of drug-likeness (QED) is 0.719. The third-order valence-electron chi connectivity index (χ3n) is 5.16. The van der Waals surface area contributed by atoms with E-state index in [-0.39, 0.29) is 18.6 Å². The molecule has 1 aliphatic carbocycles. The summed E-state index contributed by atoms with van der Waals surface area (Å²) in [6, 6.07) is 11.9. The van der Waals surface area contributed by atoms with Crippen molar-refractivity contribution in [1.29, 1.82) is 0 Å². The highest BCUT2D eigenvalue weighted by Crippen LogP contribution is 2.34. The number of hydrogen-bond acceptors (Lipinski definition) is 4. The third kappa shape index (κ3) is 4.77. The van der Waals surface area contributed by atoms with Crippen molar-refractivity contribution in [2.24, 2.45) is 0 Å². The molecule has 6 nitrogen and oxygen atoms in total. The number of ether oxygens (including phenoxy) is 2. The summed E-state index contributed by atoms with van der Waals surface area (Å²) in [5.41, 5.74) is 3.08. The van der Waals surface area contributed by atoms with Gasteiger partial charge < -0.3 is 20.1 Å². The first-order valence-corrected chi connectivity index (χ1v) is 9.96. The summed E-state index contributed by atoms with van der Waals surface area (Å²) in [6.07, 6.45) is 8.01. The molecule has 0 bridgehead atoms. The van der Waals surface area contributed by atoms with E-state index in [1.165, 1.54) is 18.4 Å². The molecule has 4 rings (SSSR count). The summed E-state index contributed by atoms with van der Waals surface area (Å²) in [6.45, 7) is 0.824. The van der Waals surface area contributed by atoms with Gasteiger partial charge in [0, 0.05) is 29.4 Å². The predicted octanol–water partition coefficient (Wildman–Crippen LogP) is 4.29. The summed E-state index contributed by atoms with van der Waals surface area (Å²) in [5.74, 6) is 0.904. The maximum atomic E-state index is 12.5. The van der Waals surface area contributed by atoms with Gasteiger partial charge in [-0.3, -0.25) is 9.59 Å². The minimum Gasteiger partial charge on any atom is -0.454 e. The van der Waals surface area contributed by atoms with E-state index in [2.05, 4.69) is 16.7 Å². The highest BCUT2D eigenvalue weighted by Gasteiger charge is 2.15. The second-order valence-corrected chi connectivity index (χ2v) is 7.21. The SMILES string of the molecule is O=C(NCCC1=CCCCC1)c1ccc(C(=O)Nc2ccc3c(c2)OCO3)cc1. The van der Waals surface area contributed by atoms with Crippen molar-refractivity contribution in [3.8, 4) is 11.5 Å². The summed E-state index contributed by atoms with van der Waals surface area (Å²) < 4.78 is 10.6. The van der Waals surface area contributed by atoms with Crippen LogP contribution >= 0.6 is 0 Å². The van der Waals surface area contributed by atoms with Crippen molar-refractivity contribution >= 4 is 17.5 Å². The molecule has 6 heteroatoms. The minimum absolute atomic E-state index is 0.121. The molecule has 2 N–H and O–H groups in total. The fourth-order valence-corrected chi connectivity index (χ4v) is 3.52. The molecule has 0 fully saturated rings. The lowest BCUT2D eigenvalue weighted by Gasteiger charge is -2.13. The van der Waals surface area contributed by atoms with Crippen LogP contribution in [-0.4, -0.2) is 25.2 Å². The Labute approximate surface area is 169 Å². The zero-order valence-electron chi connectivity index (χ0n) is 16.2. The molecule has 2 aromatic carbocycles. The number of carbonyl (C=O) groups is 2. The van der Waals surface area contributed by atoms with E-state index >= 15 is 0 Å². The van der Waals surface area contributed by atoms with Gasteiger partial charge in [0.25, 0.3) is 11.8 Å². The van der Waals surface area contributed by atoms with Crippen molar-refractivity contribution < 1.29 is 19.1 Å². The van der Waals surface area contributed by atoms with E-state index < -0.39 is 0 Å². The number of anilines is 1. The molecule has 2 aliphatic rings. The van der Waals surface area contributed by atoms with Crippen molar-refractivity contribution in [1.82, 2.24) is 5.32 Å². The fraction of sp³-hybridized carbons (Fsp3) is 0.304. The van der Waals surface area contributed by atoms with Crippen LogP contribution in [0.15, 0.2) is 54.1 Å². The Hall–Kier alpha value is -3.28. The number of fused-ring (bicyclic) bond motifs is 1. The average molecular weight is 392 g/mol. The normalized spacial score (nSPS) is 14.8. The fourth-order valence-electron chi connectivity index (χ4n) is 3.52. The third-order valence-corrected chi connectivity index (χ3v) is 5.16. The van der Waals surface area contributed by atoms with Gasteiger partial charge in [0.05, 0.1) is 0 Å². The first kappa shape index (κ1) is 19.1. The Balaban J connectivity index is 1.30. The number of carbonyl (C=O) groups excluding carboxylic acids is 2. The van der Waals surface area contributed by atoms with Gasteiger partial charge in [0.15, 0.2) is 11.5 Å². The monoisotopic (exact) mass is 392 g/mol. The number of benzene rings is 2. The van der Waals surface area contributed by atoms with Crippen molar-refractivity contribution in [2.45, 2.75) is 32.1 Å². The molecular formula is C23H24N2O4. The summed E-state index contributed by atoms with van der Waals surface area (Å²) in [5, 5.41) is 5.78. The largest absolute Gasteiger partial charge is 0.454 e. The van der Waals surface area contributed by atoms with Crippen LogP contribution in [0.4, 0.5) is 5.69 Å². The molecule has 0 saturated heterocycles. The van der Waals surface area contributed by atoms with Crippen molar-refractivity contribution in [3.05, 3.63) is 65.2 Å². The molecule has 0 spiro atoms. The van der Waals surface area contributed by atoms with Gasteiger partial charge in [-0.15, -0.1) is 0 Å². The number of amides is 2. The van der Waals surface area contributed by atoms with Crippen molar-refractivity contribution in [3.63, 3.8) is 0 Å². The second kappa shape index (κ2) is 8.82. The lowest BCUT2D eigenvalue weighted by Crippen LogP contribution is -2.25. The summed E-state index contributed by atoms with van der Waals surface area (Å²) in [4.78, 5) is 24.8. The number of rotatable bonds is 6. The van der Waals surface area contributed by atoms with Crippen LogP contribution in [0.5, 0.6) is 11.5 Å². The van der Waals surface area contributed by atoms with Gasteiger partial charge in [0.2, 0.25) is 6.79 Å². The summed E-state index contributed by atoms with van der Waals surface area (Å²) >= 11 is 0. The van der Waals surface area contributed by atoms with E-state index in [1.54, 1.807) is 42.5 Å². The molecule has 150 valence electrons. The van der Waals surface area contributed by atoms with Gasteiger partial charge in [0.1, 0.15) is 0 Å². The van der Waals surface area contributed by atoms with E-state index in [0.717, 1.165) is 19.3 Å². The number of allylic oxidation sites excluding steroid dienone is 1. The van der Waals surface area contributed by atoms with Crippen LogP contribution < -0.4 is 20.1 Å². The van der Waals surface area contributed by atoms with E-state index in [0.29, 0.717) is 34.9 Å². The van der Waals surface area contributed by atoms with Crippen LogP contribution in [0, 0.1) is 0 Å². The highest BCUT2D eigenvalue weighted by molar-refractivity contribution is 6.05. The molecule has 0 unspecified atom stereocenters. The van der Waals surface area contributed by atoms with Crippen LogP contribution in [0.2, 0.25) is 0 Å². The molecule has 0 saturated carbocycles. The van der Waals surface area contributed by atoms with Crippen LogP contribution in [0.3, 0.4) is 0 Å². The number of nitrogens with one attached hydrogen (secondary N) is 2. The van der Waals surface area contributed by atoms with Crippen LogP contribution in [0.1, 0.15) is 52.8 Å². The Bertz CT molecular complexity index is 934. The lowest BCUT2D eigenvalue weighted by atomic mass is 9.97. The van der Waals surface area contributed by atoms with Gasteiger partial charge in [-0.05, 0) is 68.5 Å². The first-order valence-electron chi connectivity index (χ1n) is 9.96. The average Bonchev–Trinajstić information content (AvgIpc) is 3.22. The molecule has 1 aliphatic heterocycles. The molecule has 1 heterocycles. The summed E-state index contributed by atoms with van der Waals surface area (Å²) in [7, 11) is 0. The molecule has 29 heavy (non-hydrogen) atoms. The van der Waals surface area contributed by atoms with Gasteiger partial charge in [-0.2, -0.15) is 0 Å². The Morgan fingerprint density at radius 2 is 1.66 bits per heavy atom. The van der Waals surface area contributed by atoms with Crippen LogP contribution in [-0.2, 0) is 0 Å². The standard InChI is InChI=1S/C23H24N2O4/c26-22(24-13-12-16-4-2-1-3-5-16)17-6-8-18(9-7-17)23(27)25-19-10-11-20-21(14-19)29-15-28-20/h4,6-11,14H,1-3,5,12-13,15H2,(H,24,26)(H,25,27). The molecule has 2 amide bonds. The molecular weight excluding hydrogens is 368 g/mol. The molecule has 2 aromatic rings. The topological polar surface area (TPSA) is 76.7 Å². The zero-order chi connectivity index (χ0) is 20.1. The Morgan fingerprint density at radius 3 is 2.41 bits per heavy atom. The second-order valence-electron chi connectivity index (χ2n) is 7.21. The smallest absolute Gasteiger partial charge is 0.255 e. The van der Waals surface area contributed by atoms with E-state index in [1.807, 2.05) is 0 Å². The maximum Gasteiger partial charge on any atom is 0.255 e. The van der Waals surface area contributed by atoms with E-state index in [4.69, 9.17) is 9.47 Å². The minimum atomic E-state index is -0.250. The molecule has 0 radical (unpaired) electrons. The Kier molecular flexibility index (Phi) is 5.79. The van der Waals surface area contributed by atoms with Gasteiger partial charge >= 0.3 is 0 Å². The highest BCUT2D eigenvalue weighted by atomic mass is 16.7. The van der Waals surface area contributed by atoms with Gasteiger partial charge in [-0.25, -0.2) is 0 Å². The number of hydrogen-bond donors (Lipinski definition) is 2. The van der Waals surface area contributed by atoms with Crippen molar-refractivity contribution in [2.75, 3.05) is 18.7 Å². The molecule has 0 atom stereocenters.